The van der Waals surface area contributed by atoms with Gasteiger partial charge in [0.15, 0.2) is 12.1 Å². The molecule has 3 nitrogen and oxygen atoms in total. The van der Waals surface area contributed by atoms with Gasteiger partial charge >= 0.3 is 0 Å². The molecule has 0 atom stereocenters. The van der Waals surface area contributed by atoms with E-state index in [4.69, 9.17) is 0 Å². The van der Waals surface area contributed by atoms with Gasteiger partial charge in [-0.3, -0.25) is 4.79 Å². The average Bonchev–Trinajstić information content (AvgIpc) is 2.42. The summed E-state index contributed by atoms with van der Waals surface area (Å²) in [6.07, 6.45) is 0.817. The van der Waals surface area contributed by atoms with Crippen LogP contribution in [0.3, 0.4) is 0 Å². The third-order valence-corrected chi connectivity index (χ3v) is 2.40. The van der Waals surface area contributed by atoms with E-state index in [1.165, 1.54) is 5.69 Å². The third kappa shape index (κ3) is 1.72. The van der Waals surface area contributed by atoms with Crippen molar-refractivity contribution in [2.75, 3.05) is 0 Å². The third-order valence-electron chi connectivity index (χ3n) is 2.40. The maximum atomic E-state index is 10.8. The Morgan fingerprint density at radius 1 is 1.21 bits per heavy atom. The maximum absolute atomic E-state index is 10.8. The number of nitrogens with zero attached hydrogens (tertiary/aromatic N) is 2. The highest BCUT2D eigenvalue weighted by Crippen LogP contribution is 2.25. The lowest BCUT2D eigenvalue weighted by Gasteiger charge is -2.11. The van der Waals surface area contributed by atoms with Crippen LogP contribution in [0.1, 0.15) is 61.5 Å². The second-order valence-electron chi connectivity index (χ2n) is 4.23. The van der Waals surface area contributed by atoms with Crippen LogP contribution in [0.2, 0.25) is 0 Å². The SMILES string of the molecule is CC(C)c1nc(C=O)n(C)c1C(C)C. The number of hydrogen-bond donors (Lipinski definition) is 0. The Morgan fingerprint density at radius 2 is 1.79 bits per heavy atom. The van der Waals surface area contributed by atoms with Crippen LogP contribution in [0.25, 0.3) is 0 Å². The molecule has 0 fully saturated rings. The minimum absolute atomic E-state index is 0.368. The van der Waals surface area contributed by atoms with Crippen molar-refractivity contribution in [3.63, 3.8) is 0 Å². The standard InChI is InChI=1S/C11H18N2O/c1-7(2)10-11(8(3)4)13(5)9(6-14)12-10/h6-8H,1-5H3. The molecule has 0 aliphatic carbocycles. The molecule has 0 unspecified atom stereocenters. The van der Waals surface area contributed by atoms with Crippen LogP contribution in [0.15, 0.2) is 0 Å². The summed E-state index contributed by atoms with van der Waals surface area (Å²) in [6.45, 7) is 8.44. The van der Waals surface area contributed by atoms with E-state index in [1.807, 2.05) is 11.6 Å². The molecular formula is C11H18N2O. The van der Waals surface area contributed by atoms with Crippen molar-refractivity contribution in [1.29, 1.82) is 0 Å². The van der Waals surface area contributed by atoms with Gasteiger partial charge in [0.25, 0.3) is 0 Å². The smallest absolute Gasteiger partial charge is 0.185 e. The summed E-state index contributed by atoms with van der Waals surface area (Å²) in [4.78, 5) is 15.1. The van der Waals surface area contributed by atoms with Crippen LogP contribution >= 0.6 is 0 Å². The predicted octanol–water partition coefficient (Wildman–Crippen LogP) is 2.48. The van der Waals surface area contributed by atoms with Gasteiger partial charge < -0.3 is 4.57 Å². The molecule has 0 aliphatic rings. The summed E-state index contributed by atoms with van der Waals surface area (Å²) >= 11 is 0. The molecule has 1 heterocycles. The predicted molar refractivity (Wildman–Crippen MR) is 56.8 cm³/mol. The molecule has 1 rings (SSSR count). The molecule has 0 saturated carbocycles. The van der Waals surface area contributed by atoms with Gasteiger partial charge in [-0.25, -0.2) is 4.98 Å². The minimum atomic E-state index is 0.368. The Balaban J connectivity index is 3.34. The average molecular weight is 194 g/mol. The zero-order chi connectivity index (χ0) is 10.9. The Labute approximate surface area is 85.2 Å². The van der Waals surface area contributed by atoms with Gasteiger partial charge in [0, 0.05) is 12.7 Å². The highest BCUT2D eigenvalue weighted by atomic mass is 16.1. The molecule has 1 aromatic rings. The summed E-state index contributed by atoms with van der Waals surface area (Å²) in [5.41, 5.74) is 2.21. The molecule has 0 radical (unpaired) electrons. The van der Waals surface area contributed by atoms with Gasteiger partial charge in [-0.2, -0.15) is 0 Å². The zero-order valence-electron chi connectivity index (χ0n) is 9.53. The van der Waals surface area contributed by atoms with Gasteiger partial charge in [0.2, 0.25) is 0 Å². The van der Waals surface area contributed by atoms with E-state index in [-0.39, 0.29) is 0 Å². The number of aldehydes is 1. The molecular weight excluding hydrogens is 176 g/mol. The van der Waals surface area contributed by atoms with Crippen LogP contribution in [-0.4, -0.2) is 15.8 Å². The van der Waals surface area contributed by atoms with E-state index in [2.05, 4.69) is 32.7 Å². The summed E-state index contributed by atoms with van der Waals surface area (Å²) in [5.74, 6) is 1.29. The van der Waals surface area contributed by atoms with E-state index >= 15 is 0 Å². The fourth-order valence-electron chi connectivity index (χ4n) is 1.76. The van der Waals surface area contributed by atoms with Gasteiger partial charge in [0.05, 0.1) is 5.69 Å². The van der Waals surface area contributed by atoms with Crippen molar-refractivity contribution >= 4 is 6.29 Å². The van der Waals surface area contributed by atoms with Crippen molar-refractivity contribution in [1.82, 2.24) is 9.55 Å². The fraction of sp³-hybridized carbons (Fsp3) is 0.636. The second kappa shape index (κ2) is 3.95. The molecule has 0 amide bonds. The number of carbonyl (C=O) groups is 1. The molecule has 0 spiro atoms. The Kier molecular flexibility index (Phi) is 3.09. The van der Waals surface area contributed by atoms with Crippen LogP contribution in [0.5, 0.6) is 0 Å². The lowest BCUT2D eigenvalue weighted by molar-refractivity contribution is 0.111. The normalized spacial score (nSPS) is 11.4. The van der Waals surface area contributed by atoms with Crippen LogP contribution in [-0.2, 0) is 7.05 Å². The summed E-state index contributed by atoms with van der Waals surface area (Å²) < 4.78 is 1.90. The number of hydrogen-bond acceptors (Lipinski definition) is 2. The number of carbonyl (C=O) groups excluding carboxylic acids is 1. The summed E-state index contributed by atoms with van der Waals surface area (Å²) in [5, 5.41) is 0. The maximum Gasteiger partial charge on any atom is 0.185 e. The van der Waals surface area contributed by atoms with Crippen LogP contribution in [0.4, 0.5) is 0 Å². The molecule has 14 heavy (non-hydrogen) atoms. The molecule has 78 valence electrons. The monoisotopic (exact) mass is 194 g/mol. The van der Waals surface area contributed by atoms with E-state index in [1.54, 1.807) is 0 Å². The first-order valence-electron chi connectivity index (χ1n) is 5.00. The molecule has 0 N–H and O–H groups in total. The number of rotatable bonds is 3. The lowest BCUT2D eigenvalue weighted by atomic mass is 10.0. The molecule has 0 aromatic carbocycles. The largest absolute Gasteiger partial charge is 0.328 e. The number of aromatic nitrogens is 2. The molecule has 0 bridgehead atoms. The van der Waals surface area contributed by atoms with Gasteiger partial charge in [0.1, 0.15) is 0 Å². The quantitative estimate of drug-likeness (QED) is 0.693. The van der Waals surface area contributed by atoms with E-state index in [9.17, 15) is 4.79 Å². The highest BCUT2D eigenvalue weighted by molar-refractivity contribution is 5.70. The first kappa shape index (κ1) is 11.0. The van der Waals surface area contributed by atoms with Crippen LogP contribution in [0, 0.1) is 0 Å². The molecule has 1 aromatic heterocycles. The van der Waals surface area contributed by atoms with Crippen LogP contribution < -0.4 is 0 Å². The molecule has 0 saturated heterocycles. The van der Waals surface area contributed by atoms with Gasteiger partial charge in [-0.05, 0) is 11.8 Å². The summed E-state index contributed by atoms with van der Waals surface area (Å²) in [7, 11) is 1.90. The minimum Gasteiger partial charge on any atom is -0.328 e. The Morgan fingerprint density at radius 3 is 2.07 bits per heavy atom. The molecule has 0 aliphatic heterocycles. The first-order chi connectivity index (χ1) is 6.49. The topological polar surface area (TPSA) is 34.9 Å². The van der Waals surface area contributed by atoms with Crippen molar-refractivity contribution < 1.29 is 4.79 Å². The zero-order valence-corrected chi connectivity index (χ0v) is 9.53. The molecule has 3 heteroatoms. The Bertz CT molecular complexity index is 337. The van der Waals surface area contributed by atoms with E-state index < -0.39 is 0 Å². The lowest BCUT2D eigenvalue weighted by Crippen LogP contribution is -2.04. The van der Waals surface area contributed by atoms with Crippen molar-refractivity contribution in [2.45, 2.75) is 39.5 Å². The van der Waals surface area contributed by atoms with E-state index in [0.29, 0.717) is 17.7 Å². The van der Waals surface area contributed by atoms with Crippen molar-refractivity contribution in [2.24, 2.45) is 7.05 Å². The van der Waals surface area contributed by atoms with Gasteiger partial charge in [-0.1, -0.05) is 27.7 Å². The Hall–Kier alpha value is -1.12. The fourth-order valence-corrected chi connectivity index (χ4v) is 1.76. The highest BCUT2D eigenvalue weighted by Gasteiger charge is 2.18. The second-order valence-corrected chi connectivity index (χ2v) is 4.23. The van der Waals surface area contributed by atoms with Crippen molar-refractivity contribution in [3.8, 4) is 0 Å². The first-order valence-corrected chi connectivity index (χ1v) is 5.00. The van der Waals surface area contributed by atoms with Gasteiger partial charge in [-0.15, -0.1) is 0 Å². The number of imidazole rings is 1. The van der Waals surface area contributed by atoms with Crippen molar-refractivity contribution in [3.05, 3.63) is 17.2 Å². The van der Waals surface area contributed by atoms with E-state index in [0.717, 1.165) is 12.0 Å². The summed E-state index contributed by atoms with van der Waals surface area (Å²) in [6, 6.07) is 0.